The number of H-pyrrole nitrogens is 1. The topological polar surface area (TPSA) is 49.0 Å². The minimum Gasteiger partial charge on any atom is -0.340 e. The molecule has 35 heavy (non-hydrogen) atoms. The first-order chi connectivity index (χ1) is 16.5. The Morgan fingerprint density at radius 1 is 1.09 bits per heavy atom. The SMILES string of the molecule is CC1(C)C=CC(c2ccccc2)=C(C(=O)N2CCC[C@@]2(C)c2nc3ccc(C(F)(F)F)cc3[nH]2)C1. The van der Waals surface area contributed by atoms with Crippen molar-refractivity contribution < 1.29 is 18.0 Å². The molecule has 1 N–H and O–H groups in total. The molecule has 1 atom stereocenters. The van der Waals surface area contributed by atoms with Crippen LogP contribution in [0.2, 0.25) is 0 Å². The number of imidazole rings is 1. The molecule has 1 amide bonds. The van der Waals surface area contributed by atoms with Crippen molar-refractivity contribution in [2.24, 2.45) is 5.41 Å². The standard InChI is InChI=1S/C28H28F3N3O/c1-26(2)14-12-20(18-8-5-4-6-9-18)21(17-26)24(35)34-15-7-13-27(34,3)25-32-22-11-10-19(28(29,30)31)16-23(22)33-25/h4-6,8-12,14,16H,7,13,15,17H2,1-3H3,(H,32,33)/t27-/m0/s1. The Kier molecular flexibility index (Phi) is 5.42. The van der Waals surface area contributed by atoms with Crippen LogP contribution in [0.3, 0.4) is 0 Å². The second-order valence-electron chi connectivity index (χ2n) is 10.4. The summed E-state index contributed by atoms with van der Waals surface area (Å²) in [6, 6.07) is 13.4. The van der Waals surface area contributed by atoms with Crippen LogP contribution in [0.1, 0.15) is 57.0 Å². The quantitative estimate of drug-likeness (QED) is 0.446. The third-order valence-electron chi connectivity index (χ3n) is 7.21. The largest absolute Gasteiger partial charge is 0.416 e. The highest BCUT2D eigenvalue weighted by Gasteiger charge is 2.45. The molecule has 1 saturated heterocycles. The van der Waals surface area contributed by atoms with Gasteiger partial charge < -0.3 is 9.88 Å². The van der Waals surface area contributed by atoms with Gasteiger partial charge >= 0.3 is 6.18 Å². The zero-order valence-corrected chi connectivity index (χ0v) is 20.0. The maximum Gasteiger partial charge on any atom is 0.416 e. The average Bonchev–Trinajstić information content (AvgIpc) is 3.42. The minimum absolute atomic E-state index is 0.0438. The molecule has 3 aromatic rings. The molecule has 0 saturated carbocycles. The summed E-state index contributed by atoms with van der Waals surface area (Å²) < 4.78 is 39.6. The zero-order chi connectivity index (χ0) is 25.0. The Labute approximate surface area is 202 Å². The van der Waals surface area contributed by atoms with Gasteiger partial charge in [-0.2, -0.15) is 13.2 Å². The fourth-order valence-electron chi connectivity index (χ4n) is 5.24. The highest BCUT2D eigenvalue weighted by molar-refractivity contribution is 6.04. The number of carbonyl (C=O) groups is 1. The molecule has 4 nitrogen and oxygen atoms in total. The van der Waals surface area contributed by atoms with E-state index in [1.165, 1.54) is 6.07 Å². The highest BCUT2D eigenvalue weighted by Crippen LogP contribution is 2.43. The number of halogens is 3. The van der Waals surface area contributed by atoms with Gasteiger partial charge in [0.25, 0.3) is 5.91 Å². The molecular formula is C28H28F3N3O. The lowest BCUT2D eigenvalue weighted by Gasteiger charge is -2.37. The van der Waals surface area contributed by atoms with Crippen molar-refractivity contribution in [3.05, 3.63) is 83.2 Å². The van der Waals surface area contributed by atoms with Crippen molar-refractivity contribution in [3.8, 4) is 0 Å². The van der Waals surface area contributed by atoms with E-state index >= 15 is 0 Å². The lowest BCUT2D eigenvalue weighted by Crippen LogP contribution is -2.45. The van der Waals surface area contributed by atoms with Crippen molar-refractivity contribution in [3.63, 3.8) is 0 Å². The van der Waals surface area contributed by atoms with E-state index in [1.807, 2.05) is 48.2 Å². The van der Waals surface area contributed by atoms with Crippen LogP contribution in [-0.2, 0) is 16.5 Å². The zero-order valence-electron chi connectivity index (χ0n) is 20.0. The Morgan fingerprint density at radius 2 is 1.83 bits per heavy atom. The van der Waals surface area contributed by atoms with Gasteiger partial charge in [0.2, 0.25) is 0 Å². The van der Waals surface area contributed by atoms with Gasteiger partial charge in [-0.15, -0.1) is 0 Å². The van der Waals surface area contributed by atoms with Gasteiger partial charge in [0, 0.05) is 12.1 Å². The van der Waals surface area contributed by atoms with Gasteiger partial charge in [-0.3, -0.25) is 4.79 Å². The number of aromatic amines is 1. The molecule has 1 aliphatic carbocycles. The Bertz CT molecular complexity index is 1350. The molecule has 0 unspecified atom stereocenters. The number of rotatable bonds is 3. The molecule has 182 valence electrons. The van der Waals surface area contributed by atoms with E-state index in [0.29, 0.717) is 36.2 Å². The van der Waals surface area contributed by atoms with E-state index < -0.39 is 17.3 Å². The van der Waals surface area contributed by atoms with Crippen molar-refractivity contribution in [2.45, 2.75) is 51.7 Å². The van der Waals surface area contributed by atoms with Crippen molar-refractivity contribution >= 4 is 22.5 Å². The molecule has 7 heteroatoms. The Morgan fingerprint density at radius 3 is 2.54 bits per heavy atom. The maximum atomic E-state index is 14.1. The normalized spacial score (nSPS) is 22.3. The van der Waals surface area contributed by atoms with E-state index in [2.05, 4.69) is 29.9 Å². The second-order valence-corrected chi connectivity index (χ2v) is 10.4. The summed E-state index contributed by atoms with van der Waals surface area (Å²) in [6.45, 7) is 6.74. The number of amides is 1. The van der Waals surface area contributed by atoms with Crippen LogP contribution in [0.15, 0.2) is 66.3 Å². The van der Waals surface area contributed by atoms with E-state index in [1.54, 1.807) is 0 Å². The summed E-state index contributed by atoms with van der Waals surface area (Å²) in [7, 11) is 0. The predicted octanol–water partition coefficient (Wildman–Crippen LogP) is 6.86. The Hall–Kier alpha value is -3.35. The van der Waals surface area contributed by atoms with Crippen LogP contribution in [0, 0.1) is 5.41 Å². The lowest BCUT2D eigenvalue weighted by molar-refractivity contribution is -0.137. The molecular weight excluding hydrogens is 451 g/mol. The van der Waals surface area contributed by atoms with Crippen LogP contribution < -0.4 is 0 Å². The number of benzene rings is 2. The number of aromatic nitrogens is 2. The lowest BCUT2D eigenvalue weighted by atomic mass is 9.77. The predicted molar refractivity (Wildman–Crippen MR) is 130 cm³/mol. The van der Waals surface area contributed by atoms with Crippen molar-refractivity contribution in [1.29, 1.82) is 0 Å². The van der Waals surface area contributed by atoms with Gasteiger partial charge in [0.1, 0.15) is 5.82 Å². The number of likely N-dealkylation sites (tertiary alicyclic amines) is 1. The number of allylic oxidation sites excluding steroid dienone is 3. The molecule has 2 heterocycles. The molecule has 5 rings (SSSR count). The van der Waals surface area contributed by atoms with Crippen LogP contribution in [0.4, 0.5) is 13.2 Å². The fourth-order valence-corrected chi connectivity index (χ4v) is 5.24. The maximum absolute atomic E-state index is 14.1. The molecule has 0 spiro atoms. The summed E-state index contributed by atoms with van der Waals surface area (Å²) in [5.41, 5.74) is 1.82. The van der Waals surface area contributed by atoms with Gasteiger partial charge in [-0.1, -0.05) is 56.3 Å². The summed E-state index contributed by atoms with van der Waals surface area (Å²) in [5.74, 6) is 0.475. The van der Waals surface area contributed by atoms with E-state index in [-0.39, 0.29) is 11.3 Å². The number of fused-ring (bicyclic) bond motifs is 1. The van der Waals surface area contributed by atoms with Crippen LogP contribution >= 0.6 is 0 Å². The fraction of sp³-hybridized carbons (Fsp3) is 0.357. The molecule has 0 radical (unpaired) electrons. The van der Waals surface area contributed by atoms with E-state index in [0.717, 1.165) is 35.3 Å². The van der Waals surface area contributed by atoms with Crippen LogP contribution in [-0.4, -0.2) is 27.3 Å². The number of hydrogen-bond donors (Lipinski definition) is 1. The average molecular weight is 480 g/mol. The van der Waals surface area contributed by atoms with Gasteiger partial charge in [-0.25, -0.2) is 4.98 Å². The van der Waals surface area contributed by atoms with Gasteiger partial charge in [-0.05, 0) is 60.9 Å². The minimum atomic E-state index is -4.43. The monoisotopic (exact) mass is 479 g/mol. The molecule has 1 aliphatic heterocycles. The highest BCUT2D eigenvalue weighted by atomic mass is 19.4. The third-order valence-corrected chi connectivity index (χ3v) is 7.21. The van der Waals surface area contributed by atoms with Crippen LogP contribution in [0.5, 0.6) is 0 Å². The molecule has 1 aromatic heterocycles. The number of hydrogen-bond acceptors (Lipinski definition) is 2. The first-order valence-corrected chi connectivity index (χ1v) is 11.9. The van der Waals surface area contributed by atoms with Crippen LogP contribution in [0.25, 0.3) is 16.6 Å². The number of nitrogens with zero attached hydrogens (tertiary/aromatic N) is 2. The summed E-state index contributed by atoms with van der Waals surface area (Å²) in [6.07, 6.45) is 1.83. The van der Waals surface area contributed by atoms with Gasteiger partial charge in [0.15, 0.2) is 0 Å². The first-order valence-electron chi connectivity index (χ1n) is 11.9. The molecule has 2 aromatic carbocycles. The number of alkyl halides is 3. The summed E-state index contributed by atoms with van der Waals surface area (Å²) in [5, 5.41) is 0. The molecule has 2 aliphatic rings. The number of carbonyl (C=O) groups excluding carboxylic acids is 1. The van der Waals surface area contributed by atoms with E-state index in [9.17, 15) is 18.0 Å². The smallest absolute Gasteiger partial charge is 0.340 e. The number of nitrogens with one attached hydrogen (secondary N) is 1. The second kappa shape index (κ2) is 8.11. The molecule has 0 bridgehead atoms. The third kappa shape index (κ3) is 4.17. The van der Waals surface area contributed by atoms with E-state index in [4.69, 9.17) is 0 Å². The van der Waals surface area contributed by atoms with Crippen molar-refractivity contribution in [1.82, 2.24) is 14.9 Å². The first kappa shape index (κ1) is 23.4. The molecule has 1 fully saturated rings. The van der Waals surface area contributed by atoms with Crippen molar-refractivity contribution in [2.75, 3.05) is 6.54 Å². The summed E-state index contributed by atoms with van der Waals surface area (Å²) >= 11 is 0. The summed E-state index contributed by atoms with van der Waals surface area (Å²) in [4.78, 5) is 23.7. The Balaban J connectivity index is 1.56. The van der Waals surface area contributed by atoms with Gasteiger partial charge in [0.05, 0.1) is 22.1 Å².